The molecule has 1 aromatic rings. The lowest BCUT2D eigenvalue weighted by molar-refractivity contribution is -0.132. The Kier molecular flexibility index (Phi) is 6.24. The van der Waals surface area contributed by atoms with Crippen LogP contribution in [-0.2, 0) is 9.59 Å². The number of hydrogen-bond acceptors (Lipinski definition) is 3. The maximum absolute atomic E-state index is 12.6. The molecule has 5 nitrogen and oxygen atoms in total. The zero-order valence-corrected chi connectivity index (χ0v) is 15.1. The number of halogens is 1. The molecule has 1 aromatic carbocycles. The molecule has 0 spiro atoms. The van der Waals surface area contributed by atoms with Gasteiger partial charge in [-0.3, -0.25) is 9.59 Å². The second-order valence-electron chi connectivity index (χ2n) is 6.78. The number of amides is 2. The minimum absolute atomic E-state index is 0. The molecule has 0 aliphatic carbocycles. The van der Waals surface area contributed by atoms with Gasteiger partial charge in [-0.2, -0.15) is 0 Å². The molecule has 0 saturated carbocycles. The van der Waals surface area contributed by atoms with Gasteiger partial charge in [0, 0.05) is 24.8 Å². The molecule has 2 fully saturated rings. The summed E-state index contributed by atoms with van der Waals surface area (Å²) in [5, 5.41) is 6.22. The van der Waals surface area contributed by atoms with E-state index >= 15 is 0 Å². The molecule has 2 aliphatic rings. The molecule has 3 rings (SSSR count). The van der Waals surface area contributed by atoms with E-state index in [0.717, 1.165) is 25.2 Å². The Morgan fingerprint density at radius 1 is 1.25 bits per heavy atom. The number of anilines is 1. The van der Waals surface area contributed by atoms with Crippen molar-refractivity contribution in [3.8, 4) is 0 Å². The van der Waals surface area contributed by atoms with Crippen LogP contribution in [0.2, 0.25) is 0 Å². The quantitative estimate of drug-likeness (QED) is 0.816. The molecule has 2 aliphatic heterocycles. The van der Waals surface area contributed by atoms with Crippen LogP contribution in [0.4, 0.5) is 5.69 Å². The van der Waals surface area contributed by atoms with Crippen LogP contribution in [0.1, 0.15) is 38.2 Å². The zero-order chi connectivity index (χ0) is 16.4. The molecular formula is C18H26ClN3O2. The molecule has 0 aromatic heterocycles. The van der Waals surface area contributed by atoms with Gasteiger partial charge in [0.1, 0.15) is 5.92 Å². The number of carbonyl (C=O) groups is 2. The normalized spacial score (nSPS) is 23.5. The fraction of sp³-hybridized carbons (Fsp3) is 0.556. The number of nitrogens with zero attached hydrogens (tertiary/aromatic N) is 1. The summed E-state index contributed by atoms with van der Waals surface area (Å²) >= 11 is 0. The molecule has 6 heteroatoms. The maximum Gasteiger partial charge on any atom is 0.239 e. The van der Waals surface area contributed by atoms with Crippen molar-refractivity contribution in [2.45, 2.75) is 38.6 Å². The van der Waals surface area contributed by atoms with Gasteiger partial charge < -0.3 is 15.5 Å². The third-order valence-electron chi connectivity index (χ3n) is 4.80. The van der Waals surface area contributed by atoms with Gasteiger partial charge in [-0.25, -0.2) is 0 Å². The molecule has 2 amide bonds. The van der Waals surface area contributed by atoms with E-state index in [1.54, 1.807) is 4.90 Å². The van der Waals surface area contributed by atoms with Crippen molar-refractivity contribution in [2.24, 2.45) is 5.92 Å². The monoisotopic (exact) mass is 351 g/mol. The van der Waals surface area contributed by atoms with E-state index < -0.39 is 5.92 Å². The van der Waals surface area contributed by atoms with E-state index in [0.29, 0.717) is 18.9 Å². The lowest BCUT2D eigenvalue weighted by atomic mass is 10.0. The summed E-state index contributed by atoms with van der Waals surface area (Å²) in [6.07, 6.45) is 1.53. The van der Waals surface area contributed by atoms with Crippen molar-refractivity contribution in [3.63, 3.8) is 0 Å². The highest BCUT2D eigenvalue weighted by Gasteiger charge is 2.38. The Balaban J connectivity index is 0.00000208. The Morgan fingerprint density at radius 2 is 1.96 bits per heavy atom. The van der Waals surface area contributed by atoms with Crippen LogP contribution in [0.5, 0.6) is 0 Å². The molecule has 2 N–H and O–H groups in total. The lowest BCUT2D eigenvalue weighted by Crippen LogP contribution is -2.42. The van der Waals surface area contributed by atoms with Crippen molar-refractivity contribution in [1.29, 1.82) is 0 Å². The predicted octanol–water partition coefficient (Wildman–Crippen LogP) is 2.06. The van der Waals surface area contributed by atoms with Gasteiger partial charge in [0.15, 0.2) is 0 Å². The highest BCUT2D eigenvalue weighted by Crippen LogP contribution is 2.27. The molecule has 24 heavy (non-hydrogen) atoms. The van der Waals surface area contributed by atoms with Gasteiger partial charge in [-0.15, -0.1) is 12.4 Å². The summed E-state index contributed by atoms with van der Waals surface area (Å²) in [7, 11) is 0. The Hall–Kier alpha value is -1.59. The number of nitrogens with one attached hydrogen (secondary N) is 2. The van der Waals surface area contributed by atoms with Crippen LogP contribution in [0, 0.1) is 5.92 Å². The minimum Gasteiger partial charge on any atom is -0.351 e. The Bertz CT molecular complexity index is 582. The van der Waals surface area contributed by atoms with Gasteiger partial charge in [-0.1, -0.05) is 26.0 Å². The summed E-state index contributed by atoms with van der Waals surface area (Å²) in [6, 6.07) is 8.24. The van der Waals surface area contributed by atoms with Crippen LogP contribution >= 0.6 is 12.4 Å². The topological polar surface area (TPSA) is 61.4 Å². The Morgan fingerprint density at radius 3 is 2.54 bits per heavy atom. The van der Waals surface area contributed by atoms with Crippen molar-refractivity contribution < 1.29 is 9.59 Å². The number of benzene rings is 1. The SMILES string of the molecule is CC(C)c1ccc(N2CCC(C(=O)NC3CCNC3)C2=O)cc1.Cl. The van der Waals surface area contributed by atoms with E-state index in [1.807, 2.05) is 12.1 Å². The third-order valence-corrected chi connectivity index (χ3v) is 4.80. The highest BCUT2D eigenvalue weighted by molar-refractivity contribution is 6.09. The van der Waals surface area contributed by atoms with Crippen LogP contribution in [0.15, 0.2) is 24.3 Å². The molecule has 2 heterocycles. The van der Waals surface area contributed by atoms with Gasteiger partial charge >= 0.3 is 0 Å². The number of hydrogen-bond donors (Lipinski definition) is 2. The summed E-state index contributed by atoms with van der Waals surface area (Å²) in [6.45, 7) is 6.63. The summed E-state index contributed by atoms with van der Waals surface area (Å²) < 4.78 is 0. The molecular weight excluding hydrogens is 326 g/mol. The molecule has 2 saturated heterocycles. The first-order valence-corrected chi connectivity index (χ1v) is 8.48. The smallest absolute Gasteiger partial charge is 0.239 e. The van der Waals surface area contributed by atoms with Crippen LogP contribution < -0.4 is 15.5 Å². The van der Waals surface area contributed by atoms with E-state index in [-0.39, 0.29) is 30.3 Å². The van der Waals surface area contributed by atoms with Crippen molar-refractivity contribution in [1.82, 2.24) is 10.6 Å². The molecule has 2 atom stereocenters. The fourth-order valence-electron chi connectivity index (χ4n) is 3.30. The lowest BCUT2D eigenvalue weighted by Gasteiger charge is -2.18. The van der Waals surface area contributed by atoms with Gasteiger partial charge in [0.2, 0.25) is 11.8 Å². The highest BCUT2D eigenvalue weighted by atomic mass is 35.5. The summed E-state index contributed by atoms with van der Waals surface area (Å²) in [4.78, 5) is 26.7. The second kappa shape index (κ2) is 7.99. The zero-order valence-electron chi connectivity index (χ0n) is 14.2. The summed E-state index contributed by atoms with van der Waals surface area (Å²) in [5.74, 6) is -0.270. The van der Waals surface area contributed by atoms with Gasteiger partial charge in [0.25, 0.3) is 0 Å². The van der Waals surface area contributed by atoms with E-state index in [9.17, 15) is 9.59 Å². The largest absolute Gasteiger partial charge is 0.351 e. The average Bonchev–Trinajstić information content (AvgIpc) is 3.17. The first-order chi connectivity index (χ1) is 11.1. The van der Waals surface area contributed by atoms with E-state index in [4.69, 9.17) is 0 Å². The van der Waals surface area contributed by atoms with Gasteiger partial charge in [0.05, 0.1) is 0 Å². The van der Waals surface area contributed by atoms with Gasteiger partial charge in [-0.05, 0) is 43.0 Å². The predicted molar refractivity (Wildman–Crippen MR) is 97.7 cm³/mol. The number of rotatable bonds is 4. The summed E-state index contributed by atoms with van der Waals surface area (Å²) in [5.41, 5.74) is 2.14. The third kappa shape index (κ3) is 3.90. The number of carbonyl (C=O) groups excluding carboxylic acids is 2. The minimum atomic E-state index is -0.541. The van der Waals surface area contributed by atoms with Crippen LogP contribution in [-0.4, -0.2) is 37.5 Å². The molecule has 0 bridgehead atoms. The van der Waals surface area contributed by atoms with E-state index in [1.165, 1.54) is 5.56 Å². The Labute approximate surface area is 149 Å². The van der Waals surface area contributed by atoms with Crippen LogP contribution in [0.3, 0.4) is 0 Å². The van der Waals surface area contributed by atoms with Crippen LogP contribution in [0.25, 0.3) is 0 Å². The van der Waals surface area contributed by atoms with Crippen molar-refractivity contribution >= 4 is 29.9 Å². The first-order valence-electron chi connectivity index (χ1n) is 8.48. The molecule has 2 unspecified atom stereocenters. The second-order valence-corrected chi connectivity index (χ2v) is 6.78. The average molecular weight is 352 g/mol. The first kappa shape index (κ1) is 18.7. The van der Waals surface area contributed by atoms with Crippen molar-refractivity contribution in [3.05, 3.63) is 29.8 Å². The standard InChI is InChI=1S/C18H25N3O2.ClH/c1-12(2)13-3-5-15(6-4-13)21-10-8-16(18(21)23)17(22)20-14-7-9-19-11-14;/h3-6,12,14,16,19H,7-11H2,1-2H3,(H,20,22);1H. The van der Waals surface area contributed by atoms with E-state index in [2.05, 4.69) is 36.6 Å². The molecule has 0 radical (unpaired) electrons. The maximum atomic E-state index is 12.6. The fourth-order valence-corrected chi connectivity index (χ4v) is 3.30. The molecule has 132 valence electrons. The van der Waals surface area contributed by atoms with Crippen molar-refractivity contribution in [2.75, 3.05) is 24.5 Å².